The molecule has 1 heterocycles. The van der Waals surface area contributed by atoms with Crippen molar-refractivity contribution in [2.24, 2.45) is 11.7 Å². The summed E-state index contributed by atoms with van der Waals surface area (Å²) in [4.78, 5) is 14.3. The van der Waals surface area contributed by atoms with E-state index < -0.39 is 0 Å². The molecule has 0 bridgehead atoms. The van der Waals surface area contributed by atoms with Crippen molar-refractivity contribution in [3.8, 4) is 0 Å². The summed E-state index contributed by atoms with van der Waals surface area (Å²) in [6, 6.07) is 0.295. The fourth-order valence-electron chi connectivity index (χ4n) is 2.68. The predicted octanol–water partition coefficient (Wildman–Crippen LogP) is 0.960. The third-order valence-electron chi connectivity index (χ3n) is 3.83. The van der Waals surface area contributed by atoms with Gasteiger partial charge in [0, 0.05) is 19.1 Å². The molecule has 3 unspecified atom stereocenters. The minimum Gasteiger partial charge on any atom is -0.355 e. The number of likely N-dealkylation sites (tertiary alicyclic amines) is 1. The van der Waals surface area contributed by atoms with Crippen molar-refractivity contribution in [1.29, 1.82) is 0 Å². The minimum atomic E-state index is -0.0575. The molecule has 0 aromatic rings. The smallest absolute Gasteiger partial charge is 0.237 e. The number of rotatable bonds is 5. The molecule has 0 radical (unpaired) electrons. The highest BCUT2D eigenvalue weighted by Crippen LogP contribution is 2.24. The summed E-state index contributed by atoms with van der Waals surface area (Å²) in [5, 5.41) is 2.97. The van der Waals surface area contributed by atoms with E-state index >= 15 is 0 Å². The first-order valence-corrected chi connectivity index (χ1v) is 6.85. The first-order chi connectivity index (χ1) is 8.11. The van der Waals surface area contributed by atoms with Gasteiger partial charge in [-0.2, -0.15) is 0 Å². The number of piperidine rings is 1. The van der Waals surface area contributed by atoms with Gasteiger partial charge in [0.1, 0.15) is 0 Å². The zero-order valence-corrected chi connectivity index (χ0v) is 11.4. The Morgan fingerprint density at radius 1 is 1.59 bits per heavy atom. The Balaban J connectivity index is 2.59. The molecule has 1 rings (SSSR count). The number of nitrogens with one attached hydrogen (secondary N) is 1. The van der Waals surface area contributed by atoms with Gasteiger partial charge in [0.05, 0.1) is 6.04 Å². The van der Waals surface area contributed by atoms with Crippen molar-refractivity contribution in [3.63, 3.8) is 0 Å². The fraction of sp³-hybridized carbons (Fsp3) is 0.923. The summed E-state index contributed by atoms with van der Waals surface area (Å²) >= 11 is 0. The number of hydrogen-bond donors (Lipinski definition) is 2. The zero-order valence-electron chi connectivity index (χ0n) is 11.4. The van der Waals surface area contributed by atoms with E-state index in [2.05, 4.69) is 24.1 Å². The van der Waals surface area contributed by atoms with Crippen molar-refractivity contribution < 1.29 is 4.79 Å². The Morgan fingerprint density at radius 2 is 2.29 bits per heavy atom. The maximum absolute atomic E-state index is 12.0. The third kappa shape index (κ3) is 3.68. The number of carbonyl (C=O) groups excluding carboxylic acids is 1. The molecule has 3 atom stereocenters. The van der Waals surface area contributed by atoms with Gasteiger partial charge in [-0.3, -0.25) is 9.69 Å². The second-order valence-electron chi connectivity index (χ2n) is 5.13. The topological polar surface area (TPSA) is 58.4 Å². The lowest BCUT2D eigenvalue weighted by atomic mass is 9.89. The number of carbonyl (C=O) groups is 1. The second-order valence-corrected chi connectivity index (χ2v) is 5.13. The summed E-state index contributed by atoms with van der Waals surface area (Å²) in [6.07, 6.45) is 3.37. The van der Waals surface area contributed by atoms with Crippen LogP contribution in [-0.4, -0.2) is 42.5 Å². The number of nitrogens with zero attached hydrogens (tertiary/aromatic N) is 1. The minimum absolute atomic E-state index is 0.0575. The number of nitrogens with two attached hydrogens (primary N) is 1. The van der Waals surface area contributed by atoms with Gasteiger partial charge in [0.2, 0.25) is 5.91 Å². The summed E-state index contributed by atoms with van der Waals surface area (Å²) in [6.45, 7) is 8.70. The second kappa shape index (κ2) is 6.97. The molecule has 1 amide bonds. The Labute approximate surface area is 105 Å². The molecule has 4 nitrogen and oxygen atoms in total. The molecule has 0 saturated carbocycles. The number of amides is 1. The van der Waals surface area contributed by atoms with Gasteiger partial charge in [0.25, 0.3) is 0 Å². The maximum Gasteiger partial charge on any atom is 0.237 e. The molecule has 3 N–H and O–H groups in total. The van der Waals surface area contributed by atoms with Gasteiger partial charge in [-0.25, -0.2) is 0 Å². The molecule has 0 aromatic heterocycles. The van der Waals surface area contributed by atoms with Gasteiger partial charge >= 0.3 is 0 Å². The summed E-state index contributed by atoms with van der Waals surface area (Å²) < 4.78 is 0. The van der Waals surface area contributed by atoms with E-state index in [1.54, 1.807) is 0 Å². The molecule has 0 aliphatic carbocycles. The number of hydrogen-bond acceptors (Lipinski definition) is 3. The molecular formula is C13H27N3O. The lowest BCUT2D eigenvalue weighted by Gasteiger charge is -2.42. The molecule has 17 heavy (non-hydrogen) atoms. The van der Waals surface area contributed by atoms with E-state index in [1.165, 1.54) is 12.8 Å². The normalized spacial score (nSPS) is 27.8. The van der Waals surface area contributed by atoms with Crippen LogP contribution in [0.3, 0.4) is 0 Å². The van der Waals surface area contributed by atoms with Gasteiger partial charge in [-0.05, 0) is 38.6 Å². The quantitative estimate of drug-likeness (QED) is 0.754. The van der Waals surface area contributed by atoms with Crippen LogP contribution in [0, 0.1) is 5.92 Å². The molecule has 1 aliphatic rings. The summed E-state index contributed by atoms with van der Waals surface area (Å²) in [7, 11) is 0. The first kappa shape index (κ1) is 14.5. The van der Waals surface area contributed by atoms with Crippen LogP contribution in [0.5, 0.6) is 0 Å². The third-order valence-corrected chi connectivity index (χ3v) is 3.83. The Hall–Kier alpha value is -0.610. The van der Waals surface area contributed by atoms with Crippen molar-refractivity contribution in [2.75, 3.05) is 19.6 Å². The average molecular weight is 241 g/mol. The Kier molecular flexibility index (Phi) is 5.92. The largest absolute Gasteiger partial charge is 0.355 e. The van der Waals surface area contributed by atoms with Crippen molar-refractivity contribution in [2.45, 2.75) is 52.1 Å². The Bertz CT molecular complexity index is 245. The van der Waals surface area contributed by atoms with Crippen molar-refractivity contribution in [1.82, 2.24) is 10.2 Å². The van der Waals surface area contributed by atoms with Crippen LogP contribution in [0.25, 0.3) is 0 Å². The van der Waals surface area contributed by atoms with E-state index in [1.807, 2.05) is 6.92 Å². The van der Waals surface area contributed by atoms with Crippen LogP contribution < -0.4 is 11.1 Å². The maximum atomic E-state index is 12.0. The monoisotopic (exact) mass is 241 g/mol. The van der Waals surface area contributed by atoms with Crippen LogP contribution in [0.15, 0.2) is 0 Å². The van der Waals surface area contributed by atoms with E-state index in [9.17, 15) is 4.79 Å². The molecule has 1 saturated heterocycles. The Morgan fingerprint density at radius 3 is 2.88 bits per heavy atom. The van der Waals surface area contributed by atoms with E-state index in [0.717, 1.165) is 19.5 Å². The highest BCUT2D eigenvalue weighted by Gasteiger charge is 2.33. The van der Waals surface area contributed by atoms with Gasteiger partial charge < -0.3 is 11.1 Å². The van der Waals surface area contributed by atoms with Gasteiger partial charge in [0.15, 0.2) is 0 Å². The van der Waals surface area contributed by atoms with Crippen molar-refractivity contribution >= 4 is 5.91 Å². The average Bonchev–Trinajstić information content (AvgIpc) is 2.34. The molecular weight excluding hydrogens is 214 g/mol. The lowest BCUT2D eigenvalue weighted by Crippen LogP contribution is -2.56. The molecule has 0 aromatic carbocycles. The van der Waals surface area contributed by atoms with E-state index in [4.69, 9.17) is 5.73 Å². The molecule has 1 aliphatic heterocycles. The van der Waals surface area contributed by atoms with Crippen LogP contribution in [0.2, 0.25) is 0 Å². The van der Waals surface area contributed by atoms with Gasteiger partial charge in [-0.1, -0.05) is 13.8 Å². The highest BCUT2D eigenvalue weighted by atomic mass is 16.2. The zero-order chi connectivity index (χ0) is 12.8. The SMILES string of the molecule is CCCNC(=O)C(C)N1CCCC(C)C1CN. The van der Waals surface area contributed by atoms with Gasteiger partial charge in [-0.15, -0.1) is 0 Å². The van der Waals surface area contributed by atoms with Crippen LogP contribution in [-0.2, 0) is 4.79 Å². The summed E-state index contributed by atoms with van der Waals surface area (Å²) in [5.74, 6) is 0.731. The van der Waals surface area contributed by atoms with Crippen LogP contribution in [0.4, 0.5) is 0 Å². The molecule has 4 heteroatoms. The molecule has 100 valence electrons. The standard InChI is InChI=1S/C13H27N3O/c1-4-7-15-13(17)11(3)16-8-5-6-10(2)12(16)9-14/h10-12H,4-9,14H2,1-3H3,(H,15,17). The summed E-state index contributed by atoms with van der Waals surface area (Å²) in [5.41, 5.74) is 5.85. The van der Waals surface area contributed by atoms with Crippen LogP contribution >= 0.6 is 0 Å². The van der Waals surface area contributed by atoms with Crippen molar-refractivity contribution in [3.05, 3.63) is 0 Å². The van der Waals surface area contributed by atoms with Crippen LogP contribution in [0.1, 0.15) is 40.0 Å². The van der Waals surface area contributed by atoms with E-state index in [0.29, 0.717) is 18.5 Å². The fourth-order valence-corrected chi connectivity index (χ4v) is 2.68. The highest BCUT2D eigenvalue weighted by molar-refractivity contribution is 5.81. The van der Waals surface area contributed by atoms with E-state index in [-0.39, 0.29) is 11.9 Å². The first-order valence-electron chi connectivity index (χ1n) is 6.85. The molecule has 1 fully saturated rings. The molecule has 0 spiro atoms. The lowest BCUT2D eigenvalue weighted by molar-refractivity contribution is -0.127. The predicted molar refractivity (Wildman–Crippen MR) is 70.7 cm³/mol.